The lowest BCUT2D eigenvalue weighted by Gasteiger charge is -2.29. The van der Waals surface area contributed by atoms with Crippen LogP contribution in [-0.2, 0) is 18.4 Å². The second kappa shape index (κ2) is 45.1. The fourth-order valence-electron chi connectivity index (χ4n) is 7.10. The number of aliphatic hydroxyl groups excluding tert-OH is 1. The molecule has 0 aliphatic heterocycles. The van der Waals surface area contributed by atoms with Gasteiger partial charge in [-0.05, 0) is 70.6 Å². The average molecular weight is 903 g/mol. The van der Waals surface area contributed by atoms with Gasteiger partial charge in [-0.2, -0.15) is 0 Å². The summed E-state index contributed by atoms with van der Waals surface area (Å²) in [7, 11) is 1.23. The van der Waals surface area contributed by atoms with E-state index in [2.05, 4.69) is 79.9 Å². The molecule has 0 aromatic carbocycles. The molecule has 0 aliphatic rings. The molecule has 63 heavy (non-hydrogen) atoms. The number of unbranched alkanes of at least 4 members (excludes halogenated alkanes) is 23. The van der Waals surface area contributed by atoms with Crippen LogP contribution in [0.3, 0.4) is 0 Å². The number of amides is 1. The van der Waals surface area contributed by atoms with Crippen LogP contribution in [0.1, 0.15) is 213 Å². The first-order valence-electron chi connectivity index (χ1n) is 25.8. The fraction of sp³-hybridized carbons (Fsp3) is 0.759. The van der Waals surface area contributed by atoms with Crippen LogP contribution in [0.15, 0.2) is 72.9 Å². The number of quaternary nitrogens is 1. The predicted molar refractivity (Wildman–Crippen MR) is 270 cm³/mol. The minimum atomic E-state index is -4.61. The molecule has 0 radical (unpaired) electrons. The van der Waals surface area contributed by atoms with Crippen LogP contribution in [0.25, 0.3) is 0 Å². The number of allylic oxidation sites excluding steroid dienone is 11. The van der Waals surface area contributed by atoms with Crippen molar-refractivity contribution in [2.75, 3.05) is 40.9 Å². The zero-order valence-corrected chi connectivity index (χ0v) is 42.4. The SMILES string of the molecule is CC/C=C\C/C=C\C/C=C\C/C=C\CCCCCCCCCCCCC(=O)NC(COP(=O)([O-])OCC[N+](C)(C)C)C(O)/C=C/CC/C=C/CCCCCCCCCCCCCC. The number of likely N-dealkylation sites (N-methyl/N-ethyl adjacent to an activating group) is 1. The Morgan fingerprint density at radius 2 is 0.984 bits per heavy atom. The van der Waals surface area contributed by atoms with Gasteiger partial charge in [0.1, 0.15) is 13.2 Å². The van der Waals surface area contributed by atoms with Gasteiger partial charge < -0.3 is 28.8 Å². The van der Waals surface area contributed by atoms with E-state index in [0.29, 0.717) is 17.4 Å². The van der Waals surface area contributed by atoms with Crippen molar-refractivity contribution in [1.29, 1.82) is 0 Å². The molecule has 0 saturated carbocycles. The fourth-order valence-corrected chi connectivity index (χ4v) is 7.82. The maximum atomic E-state index is 12.9. The second-order valence-corrected chi connectivity index (χ2v) is 19.9. The van der Waals surface area contributed by atoms with Gasteiger partial charge in [0.05, 0.1) is 39.9 Å². The molecule has 0 saturated heterocycles. The van der Waals surface area contributed by atoms with E-state index in [1.165, 1.54) is 122 Å². The first-order valence-corrected chi connectivity index (χ1v) is 27.3. The van der Waals surface area contributed by atoms with Crippen molar-refractivity contribution in [3.63, 3.8) is 0 Å². The Labute approximate surface area is 389 Å². The molecule has 2 N–H and O–H groups in total. The number of aliphatic hydroxyl groups is 1. The van der Waals surface area contributed by atoms with E-state index in [1.807, 2.05) is 27.2 Å². The van der Waals surface area contributed by atoms with Crippen molar-refractivity contribution in [3.8, 4) is 0 Å². The Morgan fingerprint density at radius 1 is 0.571 bits per heavy atom. The van der Waals surface area contributed by atoms with Crippen LogP contribution in [0, 0.1) is 0 Å². The van der Waals surface area contributed by atoms with Gasteiger partial charge in [0, 0.05) is 6.42 Å². The Balaban J connectivity index is 4.35. The molecule has 3 atom stereocenters. The normalized spacial score (nSPS) is 14.7. The van der Waals surface area contributed by atoms with Crippen molar-refractivity contribution in [2.45, 2.75) is 225 Å². The molecule has 0 fully saturated rings. The summed E-state index contributed by atoms with van der Waals surface area (Å²) in [5.74, 6) is -0.214. The second-order valence-electron chi connectivity index (χ2n) is 18.5. The van der Waals surface area contributed by atoms with E-state index in [-0.39, 0.29) is 12.5 Å². The quantitative estimate of drug-likeness (QED) is 0.0273. The molecule has 0 aromatic heterocycles. The van der Waals surface area contributed by atoms with Crippen LogP contribution >= 0.6 is 7.82 Å². The molecule has 366 valence electrons. The summed E-state index contributed by atoms with van der Waals surface area (Å²) in [6, 6.07) is -0.909. The maximum absolute atomic E-state index is 12.9. The van der Waals surface area contributed by atoms with Gasteiger partial charge in [-0.15, -0.1) is 0 Å². The van der Waals surface area contributed by atoms with E-state index in [1.54, 1.807) is 6.08 Å². The van der Waals surface area contributed by atoms with Gasteiger partial charge in [-0.25, -0.2) is 0 Å². The average Bonchev–Trinajstić information content (AvgIpc) is 3.24. The summed E-state index contributed by atoms with van der Waals surface area (Å²) in [5, 5.41) is 13.8. The predicted octanol–water partition coefficient (Wildman–Crippen LogP) is 14.5. The van der Waals surface area contributed by atoms with Crippen LogP contribution in [0.5, 0.6) is 0 Å². The number of phosphoric ester groups is 1. The van der Waals surface area contributed by atoms with E-state index in [4.69, 9.17) is 9.05 Å². The van der Waals surface area contributed by atoms with Crippen molar-refractivity contribution >= 4 is 13.7 Å². The van der Waals surface area contributed by atoms with E-state index < -0.39 is 26.6 Å². The Kier molecular flexibility index (Phi) is 43.6. The Hall–Kier alpha value is -2.06. The molecule has 0 rings (SSSR count). The summed E-state index contributed by atoms with van der Waals surface area (Å²) in [4.78, 5) is 25.4. The lowest BCUT2D eigenvalue weighted by atomic mass is 10.0. The van der Waals surface area contributed by atoms with Crippen molar-refractivity contribution in [3.05, 3.63) is 72.9 Å². The first-order chi connectivity index (χ1) is 30.5. The van der Waals surface area contributed by atoms with E-state index >= 15 is 0 Å². The molecule has 1 amide bonds. The molecule has 3 unspecified atom stereocenters. The smallest absolute Gasteiger partial charge is 0.268 e. The lowest BCUT2D eigenvalue weighted by Crippen LogP contribution is -2.45. The van der Waals surface area contributed by atoms with Crippen LogP contribution in [-0.4, -0.2) is 68.5 Å². The monoisotopic (exact) mass is 903 g/mol. The van der Waals surface area contributed by atoms with Gasteiger partial charge in [0.25, 0.3) is 7.82 Å². The minimum Gasteiger partial charge on any atom is -0.756 e. The van der Waals surface area contributed by atoms with Crippen molar-refractivity contribution < 1.29 is 32.9 Å². The third-order valence-electron chi connectivity index (χ3n) is 11.2. The first kappa shape index (κ1) is 60.9. The maximum Gasteiger partial charge on any atom is 0.268 e. The van der Waals surface area contributed by atoms with Crippen LogP contribution in [0.2, 0.25) is 0 Å². The van der Waals surface area contributed by atoms with Gasteiger partial charge in [-0.3, -0.25) is 9.36 Å². The third-order valence-corrected chi connectivity index (χ3v) is 12.1. The zero-order chi connectivity index (χ0) is 46.4. The lowest BCUT2D eigenvalue weighted by molar-refractivity contribution is -0.870. The number of rotatable bonds is 46. The minimum absolute atomic E-state index is 0.0101. The highest BCUT2D eigenvalue weighted by molar-refractivity contribution is 7.45. The van der Waals surface area contributed by atoms with E-state index in [0.717, 1.165) is 70.6 Å². The summed E-state index contributed by atoms with van der Waals surface area (Å²) >= 11 is 0. The molecule has 0 spiro atoms. The molecule has 0 aromatic rings. The third kappa shape index (κ3) is 47.7. The molecule has 0 aliphatic carbocycles. The molecular weight excluding hydrogens is 804 g/mol. The molecule has 0 heterocycles. The summed E-state index contributed by atoms with van der Waals surface area (Å²) in [5.41, 5.74) is 0. The highest BCUT2D eigenvalue weighted by atomic mass is 31.2. The largest absolute Gasteiger partial charge is 0.756 e. The van der Waals surface area contributed by atoms with Crippen LogP contribution in [0.4, 0.5) is 0 Å². The summed E-state index contributed by atoms with van der Waals surface area (Å²) in [6.45, 7) is 4.51. The van der Waals surface area contributed by atoms with Gasteiger partial charge >= 0.3 is 0 Å². The highest BCUT2D eigenvalue weighted by Crippen LogP contribution is 2.38. The summed E-state index contributed by atoms with van der Waals surface area (Å²) < 4.78 is 23.3. The number of hydrogen-bond donors (Lipinski definition) is 2. The number of nitrogens with zero attached hydrogens (tertiary/aromatic N) is 1. The topological polar surface area (TPSA) is 108 Å². The number of carbonyl (C=O) groups excluding carboxylic acids is 1. The van der Waals surface area contributed by atoms with Crippen LogP contribution < -0.4 is 10.2 Å². The Morgan fingerprint density at radius 3 is 1.48 bits per heavy atom. The summed E-state index contributed by atoms with van der Waals surface area (Å²) in [6.07, 6.45) is 61.0. The van der Waals surface area contributed by atoms with Crippen molar-refractivity contribution in [2.24, 2.45) is 0 Å². The number of carbonyl (C=O) groups is 1. The van der Waals surface area contributed by atoms with Crippen molar-refractivity contribution in [1.82, 2.24) is 5.32 Å². The number of nitrogens with one attached hydrogen (secondary N) is 1. The standard InChI is InChI=1S/C54H99N2O6P/c1-6-8-10-12-14-16-18-20-22-24-26-27-28-29-30-32-34-36-38-40-42-44-46-48-54(58)55-52(51-62-63(59,60)61-50-49-56(3,4)5)53(57)47-45-43-41-39-37-35-33-31-25-23-21-19-17-15-13-11-9-7-2/h8,10,14,16,20,22,26-27,37,39,45,47,52-53,57H,6-7,9,11-13,15,17-19,21,23-25,28-36,38,40-44,46,48-51H2,1-5H3,(H-,55,58,59,60)/b10-8-,16-14-,22-20-,27-26-,39-37+,47-45+. The van der Waals surface area contributed by atoms with Gasteiger partial charge in [0.2, 0.25) is 5.91 Å². The molecular formula is C54H99N2O6P. The van der Waals surface area contributed by atoms with E-state index in [9.17, 15) is 19.4 Å². The molecule has 9 heteroatoms. The molecule has 8 nitrogen and oxygen atoms in total. The van der Waals surface area contributed by atoms with Gasteiger partial charge in [-0.1, -0.05) is 209 Å². The highest BCUT2D eigenvalue weighted by Gasteiger charge is 2.23. The number of phosphoric acid groups is 1. The van der Waals surface area contributed by atoms with Gasteiger partial charge in [0.15, 0.2) is 0 Å². The molecule has 0 bridgehead atoms. The zero-order valence-electron chi connectivity index (χ0n) is 41.5. The number of hydrogen-bond acceptors (Lipinski definition) is 6. The Bertz CT molecular complexity index is 1250.